The van der Waals surface area contributed by atoms with Crippen LogP contribution in [0, 0.1) is 0 Å². The van der Waals surface area contributed by atoms with Gasteiger partial charge in [0, 0.05) is 16.7 Å². The van der Waals surface area contributed by atoms with E-state index in [2.05, 4.69) is 25.4 Å². The van der Waals surface area contributed by atoms with Crippen molar-refractivity contribution in [1.29, 1.82) is 0 Å². The standard InChI is InChI=1S/C15H24ClNS/c1-3-4-5-6-9-13(17-2)12-18-15-11-8-7-10-14(15)16/h7-8,10-11,13,17H,3-6,9,12H2,1-2H3. The minimum Gasteiger partial charge on any atom is -0.316 e. The van der Waals surface area contributed by atoms with Crippen LogP contribution in [0.4, 0.5) is 0 Å². The number of nitrogens with one attached hydrogen (secondary N) is 1. The molecule has 102 valence electrons. The van der Waals surface area contributed by atoms with Crippen LogP contribution in [0.5, 0.6) is 0 Å². The van der Waals surface area contributed by atoms with Gasteiger partial charge in [-0.2, -0.15) is 0 Å². The average Bonchev–Trinajstić information content (AvgIpc) is 2.40. The lowest BCUT2D eigenvalue weighted by Crippen LogP contribution is -2.27. The van der Waals surface area contributed by atoms with Crippen molar-refractivity contribution in [3.63, 3.8) is 0 Å². The Balaban J connectivity index is 2.29. The summed E-state index contributed by atoms with van der Waals surface area (Å²) in [5.74, 6) is 1.09. The zero-order valence-corrected chi connectivity index (χ0v) is 13.0. The number of hydrogen-bond acceptors (Lipinski definition) is 2. The van der Waals surface area contributed by atoms with E-state index in [1.807, 2.05) is 30.0 Å². The second kappa shape index (κ2) is 9.71. The second-order valence-electron chi connectivity index (χ2n) is 4.58. The molecule has 0 spiro atoms. The van der Waals surface area contributed by atoms with Gasteiger partial charge in [-0.15, -0.1) is 11.8 Å². The van der Waals surface area contributed by atoms with Crippen LogP contribution in [0.3, 0.4) is 0 Å². The van der Waals surface area contributed by atoms with Gasteiger partial charge in [-0.05, 0) is 25.6 Å². The van der Waals surface area contributed by atoms with Crippen LogP contribution >= 0.6 is 23.4 Å². The van der Waals surface area contributed by atoms with Crippen LogP contribution < -0.4 is 5.32 Å². The summed E-state index contributed by atoms with van der Waals surface area (Å²) in [6.07, 6.45) is 6.59. The Bertz CT molecular complexity index is 330. The first-order valence-electron chi connectivity index (χ1n) is 6.82. The van der Waals surface area contributed by atoms with Crippen LogP contribution in [-0.2, 0) is 0 Å². The topological polar surface area (TPSA) is 12.0 Å². The Morgan fingerprint density at radius 3 is 2.67 bits per heavy atom. The highest BCUT2D eigenvalue weighted by molar-refractivity contribution is 7.99. The van der Waals surface area contributed by atoms with E-state index in [1.54, 1.807) is 0 Å². The summed E-state index contributed by atoms with van der Waals surface area (Å²) in [4.78, 5) is 1.19. The van der Waals surface area contributed by atoms with Crippen molar-refractivity contribution in [2.45, 2.75) is 50.0 Å². The molecular formula is C15H24ClNS. The first-order chi connectivity index (χ1) is 8.77. The Kier molecular flexibility index (Phi) is 8.57. The molecule has 0 aliphatic rings. The molecule has 1 atom stereocenters. The van der Waals surface area contributed by atoms with Crippen molar-refractivity contribution in [3.05, 3.63) is 29.3 Å². The van der Waals surface area contributed by atoms with E-state index in [0.717, 1.165) is 10.8 Å². The first-order valence-corrected chi connectivity index (χ1v) is 8.18. The van der Waals surface area contributed by atoms with Gasteiger partial charge in [0.1, 0.15) is 0 Å². The van der Waals surface area contributed by atoms with Gasteiger partial charge in [-0.1, -0.05) is 56.3 Å². The van der Waals surface area contributed by atoms with E-state index in [1.165, 1.54) is 37.0 Å². The number of halogens is 1. The van der Waals surface area contributed by atoms with Gasteiger partial charge in [-0.25, -0.2) is 0 Å². The molecule has 0 aromatic heterocycles. The zero-order valence-electron chi connectivity index (χ0n) is 11.4. The summed E-state index contributed by atoms with van der Waals surface area (Å²) in [5.41, 5.74) is 0. The van der Waals surface area contributed by atoms with Gasteiger partial charge < -0.3 is 5.32 Å². The monoisotopic (exact) mass is 285 g/mol. The summed E-state index contributed by atoms with van der Waals surface area (Å²) in [7, 11) is 2.05. The predicted octanol–water partition coefficient (Wildman–Crippen LogP) is 4.99. The van der Waals surface area contributed by atoms with Gasteiger partial charge >= 0.3 is 0 Å². The maximum atomic E-state index is 6.16. The van der Waals surface area contributed by atoms with Crippen molar-refractivity contribution in [2.75, 3.05) is 12.8 Å². The smallest absolute Gasteiger partial charge is 0.0541 e. The van der Waals surface area contributed by atoms with Crippen LogP contribution in [-0.4, -0.2) is 18.8 Å². The third kappa shape index (κ3) is 6.12. The maximum absolute atomic E-state index is 6.16. The van der Waals surface area contributed by atoms with E-state index in [9.17, 15) is 0 Å². The van der Waals surface area contributed by atoms with Crippen LogP contribution in [0.1, 0.15) is 39.0 Å². The molecule has 1 aromatic rings. The highest BCUT2D eigenvalue weighted by atomic mass is 35.5. The largest absolute Gasteiger partial charge is 0.316 e. The third-order valence-corrected chi connectivity index (χ3v) is 4.77. The molecule has 1 unspecified atom stereocenters. The van der Waals surface area contributed by atoms with Crippen molar-refractivity contribution in [3.8, 4) is 0 Å². The van der Waals surface area contributed by atoms with E-state index in [-0.39, 0.29) is 0 Å². The molecule has 0 aliphatic carbocycles. The molecule has 0 bridgehead atoms. The highest BCUT2D eigenvalue weighted by Crippen LogP contribution is 2.27. The molecule has 1 nitrogen and oxygen atoms in total. The fraction of sp³-hybridized carbons (Fsp3) is 0.600. The summed E-state index contributed by atoms with van der Waals surface area (Å²) >= 11 is 8.00. The summed E-state index contributed by atoms with van der Waals surface area (Å²) in [6.45, 7) is 2.25. The molecule has 0 amide bonds. The van der Waals surface area contributed by atoms with Crippen molar-refractivity contribution in [1.82, 2.24) is 5.32 Å². The predicted molar refractivity (Wildman–Crippen MR) is 83.8 cm³/mol. The van der Waals surface area contributed by atoms with Gasteiger partial charge in [-0.3, -0.25) is 0 Å². The SMILES string of the molecule is CCCCCCC(CSc1ccccc1Cl)NC. The molecule has 1 aromatic carbocycles. The molecule has 0 fully saturated rings. The molecule has 18 heavy (non-hydrogen) atoms. The fourth-order valence-electron chi connectivity index (χ4n) is 1.88. The summed E-state index contributed by atoms with van der Waals surface area (Å²) < 4.78 is 0. The second-order valence-corrected chi connectivity index (χ2v) is 6.05. The van der Waals surface area contributed by atoms with Crippen molar-refractivity contribution < 1.29 is 0 Å². The molecule has 3 heteroatoms. The van der Waals surface area contributed by atoms with E-state index < -0.39 is 0 Å². The number of benzene rings is 1. The quantitative estimate of drug-likeness (QED) is 0.507. The lowest BCUT2D eigenvalue weighted by Gasteiger charge is -2.16. The summed E-state index contributed by atoms with van der Waals surface area (Å²) in [5, 5.41) is 4.27. The van der Waals surface area contributed by atoms with Crippen molar-refractivity contribution >= 4 is 23.4 Å². The Morgan fingerprint density at radius 2 is 2.00 bits per heavy atom. The molecule has 0 heterocycles. The fourth-order valence-corrected chi connectivity index (χ4v) is 3.27. The number of thioether (sulfide) groups is 1. The zero-order chi connectivity index (χ0) is 13.2. The van der Waals surface area contributed by atoms with Gasteiger partial charge in [0.25, 0.3) is 0 Å². The Morgan fingerprint density at radius 1 is 1.22 bits per heavy atom. The maximum Gasteiger partial charge on any atom is 0.0541 e. The molecule has 0 aliphatic heterocycles. The van der Waals surface area contributed by atoms with Crippen LogP contribution in [0.2, 0.25) is 5.02 Å². The molecule has 0 saturated carbocycles. The number of rotatable bonds is 9. The molecule has 1 rings (SSSR count). The minimum atomic E-state index is 0.586. The molecular weight excluding hydrogens is 262 g/mol. The first kappa shape index (κ1) is 15.9. The third-order valence-electron chi connectivity index (χ3n) is 3.09. The molecule has 0 saturated heterocycles. The highest BCUT2D eigenvalue weighted by Gasteiger charge is 2.08. The average molecular weight is 286 g/mol. The lowest BCUT2D eigenvalue weighted by atomic mass is 10.1. The number of hydrogen-bond donors (Lipinski definition) is 1. The Labute approximate surface area is 121 Å². The Hall–Kier alpha value is -0.180. The molecule has 1 N–H and O–H groups in total. The molecule has 0 radical (unpaired) electrons. The van der Waals surface area contributed by atoms with E-state index in [0.29, 0.717) is 6.04 Å². The van der Waals surface area contributed by atoms with Crippen LogP contribution in [0.15, 0.2) is 29.2 Å². The van der Waals surface area contributed by atoms with Crippen LogP contribution in [0.25, 0.3) is 0 Å². The lowest BCUT2D eigenvalue weighted by molar-refractivity contribution is 0.523. The van der Waals surface area contributed by atoms with Gasteiger partial charge in [0.15, 0.2) is 0 Å². The summed E-state index contributed by atoms with van der Waals surface area (Å²) in [6, 6.07) is 8.66. The van der Waals surface area contributed by atoms with E-state index >= 15 is 0 Å². The van der Waals surface area contributed by atoms with Crippen molar-refractivity contribution in [2.24, 2.45) is 0 Å². The normalized spacial score (nSPS) is 12.6. The van der Waals surface area contributed by atoms with Gasteiger partial charge in [0.05, 0.1) is 5.02 Å². The minimum absolute atomic E-state index is 0.586. The van der Waals surface area contributed by atoms with Gasteiger partial charge in [0.2, 0.25) is 0 Å². The number of unbranched alkanes of at least 4 members (excludes halogenated alkanes) is 3. The van der Waals surface area contributed by atoms with E-state index in [4.69, 9.17) is 11.6 Å².